The van der Waals surface area contributed by atoms with Crippen LogP contribution in [-0.2, 0) is 19.2 Å². The zero-order valence-corrected chi connectivity index (χ0v) is 31.4. The highest BCUT2D eigenvalue weighted by molar-refractivity contribution is 6.31. The highest BCUT2D eigenvalue weighted by Crippen LogP contribution is 2.10. The van der Waals surface area contributed by atoms with E-state index in [1.807, 2.05) is 0 Å². The Morgan fingerprint density at radius 3 is 0.536 bits per heavy atom. The van der Waals surface area contributed by atoms with Gasteiger partial charge in [0.2, 0.25) is 23.6 Å². The van der Waals surface area contributed by atoms with Crippen LogP contribution in [0, 0.1) is 0 Å². The van der Waals surface area contributed by atoms with Gasteiger partial charge in [-0.2, -0.15) is 0 Å². The van der Waals surface area contributed by atoms with E-state index in [9.17, 15) is 38.4 Å². The van der Waals surface area contributed by atoms with Crippen LogP contribution in [0.15, 0.2) is 121 Å². The van der Waals surface area contributed by atoms with Gasteiger partial charge in [0.05, 0.1) is 0 Å². The molecular formula is C36H32Cl4N4O12. The van der Waals surface area contributed by atoms with Gasteiger partial charge in [0, 0.05) is 66.6 Å². The smallest absolute Gasteiger partial charge is 0.328 e. The molecular weight excluding hydrogens is 822 g/mol. The third-order valence-corrected chi connectivity index (χ3v) is 6.26. The summed E-state index contributed by atoms with van der Waals surface area (Å²) in [6.07, 6.45) is 2.23. The summed E-state index contributed by atoms with van der Waals surface area (Å²) in [5, 5.41) is 33.7. The van der Waals surface area contributed by atoms with Crippen molar-refractivity contribution < 1.29 is 58.8 Å². The van der Waals surface area contributed by atoms with Crippen molar-refractivity contribution in [2.24, 2.45) is 22.9 Å². The second-order valence-corrected chi connectivity index (χ2v) is 11.2. The van der Waals surface area contributed by atoms with Crippen molar-refractivity contribution in [1.29, 1.82) is 0 Å². The molecule has 20 heteroatoms. The number of carbonyl (C=O) groups is 8. The maximum Gasteiger partial charge on any atom is 0.328 e. The SMILES string of the molecule is NC(=O)c1ccc(Cl)cc1.NC(=O)c1ccc(Cl)cc1.NC(=O)c1ccc(Cl)cc1.NC(=O)c1ccc(Cl)cc1.O=C(O)/C=C/C(=O)O.O=C(O)/C=C/C(=O)O. The van der Waals surface area contributed by atoms with Crippen LogP contribution in [0.25, 0.3) is 0 Å². The minimum Gasteiger partial charge on any atom is -0.478 e. The molecule has 4 aromatic carbocycles. The van der Waals surface area contributed by atoms with E-state index < -0.39 is 47.5 Å². The second kappa shape index (κ2) is 28.7. The van der Waals surface area contributed by atoms with Crippen molar-refractivity contribution in [3.63, 3.8) is 0 Å². The fourth-order valence-corrected chi connectivity index (χ4v) is 3.25. The van der Waals surface area contributed by atoms with Gasteiger partial charge in [-0.3, -0.25) is 19.2 Å². The number of nitrogens with two attached hydrogens (primary N) is 4. The van der Waals surface area contributed by atoms with E-state index in [1.165, 1.54) is 0 Å². The van der Waals surface area contributed by atoms with E-state index >= 15 is 0 Å². The third-order valence-electron chi connectivity index (χ3n) is 5.25. The van der Waals surface area contributed by atoms with Gasteiger partial charge in [-0.1, -0.05) is 46.4 Å². The monoisotopic (exact) mass is 852 g/mol. The van der Waals surface area contributed by atoms with E-state index in [0.717, 1.165) is 0 Å². The van der Waals surface area contributed by atoms with Crippen molar-refractivity contribution >= 4 is 93.9 Å². The van der Waals surface area contributed by atoms with Crippen LogP contribution < -0.4 is 22.9 Å². The number of aliphatic carboxylic acids is 4. The molecule has 0 aromatic heterocycles. The first-order chi connectivity index (χ1) is 26.0. The quantitative estimate of drug-likeness (QED) is 0.106. The molecule has 0 bridgehead atoms. The molecule has 0 atom stereocenters. The van der Waals surface area contributed by atoms with Gasteiger partial charge in [0.15, 0.2) is 0 Å². The van der Waals surface area contributed by atoms with Gasteiger partial charge < -0.3 is 43.4 Å². The molecule has 0 aliphatic rings. The van der Waals surface area contributed by atoms with Crippen molar-refractivity contribution in [3.05, 3.63) is 164 Å². The Labute approximate surface area is 338 Å². The van der Waals surface area contributed by atoms with Gasteiger partial charge in [0.25, 0.3) is 0 Å². The molecule has 0 heterocycles. The molecule has 0 unspecified atom stereocenters. The van der Waals surface area contributed by atoms with Crippen LogP contribution in [-0.4, -0.2) is 67.9 Å². The largest absolute Gasteiger partial charge is 0.478 e. The Morgan fingerprint density at radius 2 is 0.446 bits per heavy atom. The molecule has 4 aromatic rings. The summed E-state index contributed by atoms with van der Waals surface area (Å²) in [6, 6.07) is 25.7. The minimum absolute atomic E-state index is 0.434. The third kappa shape index (κ3) is 28.8. The lowest BCUT2D eigenvalue weighted by molar-refractivity contribution is -0.134. The summed E-state index contributed by atoms with van der Waals surface area (Å²) in [6.45, 7) is 0. The Kier molecular flexibility index (Phi) is 26.4. The van der Waals surface area contributed by atoms with E-state index in [-0.39, 0.29) is 0 Å². The predicted molar refractivity (Wildman–Crippen MR) is 209 cm³/mol. The van der Waals surface area contributed by atoms with Crippen molar-refractivity contribution in [2.75, 3.05) is 0 Å². The van der Waals surface area contributed by atoms with Crippen LogP contribution in [0.4, 0.5) is 0 Å². The summed E-state index contributed by atoms with van der Waals surface area (Å²) in [5.74, 6) is -6.76. The maximum atomic E-state index is 10.5. The Morgan fingerprint density at radius 1 is 0.321 bits per heavy atom. The molecule has 0 radical (unpaired) electrons. The number of halogens is 4. The highest BCUT2D eigenvalue weighted by atomic mass is 35.5. The zero-order valence-electron chi connectivity index (χ0n) is 28.4. The average Bonchev–Trinajstić information content (AvgIpc) is 3.12. The Hall–Kier alpha value is -6.72. The van der Waals surface area contributed by atoms with Crippen molar-refractivity contribution in [2.45, 2.75) is 0 Å². The number of rotatable bonds is 8. The van der Waals surface area contributed by atoms with Crippen molar-refractivity contribution in [1.82, 2.24) is 0 Å². The standard InChI is InChI=1S/4C7H6ClNO.2C4H4O4/c4*8-6-3-1-5(2-4-6)7(9)10;2*5-3(6)1-2-4(7)8/h4*1-4H,(H2,9,10);2*1-2H,(H,5,6)(H,7,8)/b;;;;2*2-1+. The molecule has 0 aliphatic carbocycles. The van der Waals surface area contributed by atoms with Gasteiger partial charge in [0.1, 0.15) is 0 Å². The molecule has 4 rings (SSSR count). The number of carboxylic acids is 4. The predicted octanol–water partition coefficient (Wildman–Crippen LogP) is 5.18. The number of amides is 4. The lowest BCUT2D eigenvalue weighted by Gasteiger charge is -1.92. The molecule has 296 valence electrons. The first-order valence-electron chi connectivity index (χ1n) is 14.5. The zero-order chi connectivity index (χ0) is 43.4. The molecule has 4 amide bonds. The number of carboxylic acid groups (broad SMARTS) is 4. The van der Waals surface area contributed by atoms with E-state index in [4.69, 9.17) is 89.8 Å². The number of hydrogen-bond donors (Lipinski definition) is 8. The summed E-state index contributed by atoms with van der Waals surface area (Å²) in [5.41, 5.74) is 21.8. The molecule has 0 saturated carbocycles. The van der Waals surface area contributed by atoms with Crippen LogP contribution in [0.3, 0.4) is 0 Å². The molecule has 16 nitrogen and oxygen atoms in total. The fourth-order valence-electron chi connectivity index (χ4n) is 2.74. The molecule has 0 aliphatic heterocycles. The van der Waals surface area contributed by atoms with Crippen molar-refractivity contribution in [3.8, 4) is 0 Å². The first-order valence-corrected chi connectivity index (χ1v) is 16.1. The maximum absolute atomic E-state index is 10.5. The summed E-state index contributed by atoms with van der Waals surface area (Å²) in [4.78, 5) is 80.2. The fraction of sp³-hybridized carbons (Fsp3) is 0. The summed E-state index contributed by atoms with van der Waals surface area (Å²) in [7, 11) is 0. The highest BCUT2D eigenvalue weighted by Gasteiger charge is 1.99. The van der Waals surface area contributed by atoms with Gasteiger partial charge in [-0.05, 0) is 97.1 Å². The second-order valence-electron chi connectivity index (χ2n) is 9.50. The Bertz CT molecular complexity index is 1700. The van der Waals surface area contributed by atoms with Gasteiger partial charge >= 0.3 is 23.9 Å². The number of primary amides is 4. The van der Waals surface area contributed by atoms with Crippen LogP contribution in [0.1, 0.15) is 41.4 Å². The van der Waals surface area contributed by atoms with Gasteiger partial charge in [-0.15, -0.1) is 0 Å². The van der Waals surface area contributed by atoms with Crippen LogP contribution >= 0.6 is 46.4 Å². The van der Waals surface area contributed by atoms with Gasteiger partial charge in [-0.25, -0.2) is 19.2 Å². The van der Waals surface area contributed by atoms with Crippen LogP contribution in [0.5, 0.6) is 0 Å². The topological polar surface area (TPSA) is 322 Å². The normalized spacial score (nSPS) is 9.36. The van der Waals surface area contributed by atoms with E-state index in [0.29, 0.717) is 66.6 Å². The van der Waals surface area contributed by atoms with E-state index in [1.54, 1.807) is 97.1 Å². The Balaban J connectivity index is 0. The summed E-state index contributed by atoms with van der Waals surface area (Å²) < 4.78 is 0. The molecule has 56 heavy (non-hydrogen) atoms. The molecule has 12 N–H and O–H groups in total. The number of carbonyl (C=O) groups excluding carboxylic acids is 4. The first kappa shape index (κ1) is 51.4. The minimum atomic E-state index is -1.26. The molecule has 0 spiro atoms. The summed E-state index contributed by atoms with van der Waals surface area (Å²) >= 11 is 22.3. The number of hydrogen-bond acceptors (Lipinski definition) is 8. The van der Waals surface area contributed by atoms with E-state index in [2.05, 4.69) is 0 Å². The lowest BCUT2D eigenvalue weighted by atomic mass is 10.2. The average molecular weight is 854 g/mol. The molecule has 0 fully saturated rings. The molecule has 0 saturated heterocycles. The number of benzene rings is 4. The van der Waals surface area contributed by atoms with Crippen LogP contribution in [0.2, 0.25) is 20.1 Å². The lowest BCUT2D eigenvalue weighted by Crippen LogP contribution is -2.10.